The van der Waals surface area contributed by atoms with Crippen LogP contribution in [0.25, 0.3) is 0 Å². The van der Waals surface area contributed by atoms with Crippen LogP contribution in [-0.2, 0) is 20.2 Å². The first-order valence-corrected chi connectivity index (χ1v) is 13.1. The summed E-state index contributed by atoms with van der Waals surface area (Å²) < 4.78 is 33.5. The van der Waals surface area contributed by atoms with Gasteiger partial charge in [-0.3, -0.25) is 9.10 Å². The molecule has 8 heteroatoms. The summed E-state index contributed by atoms with van der Waals surface area (Å²) in [6.45, 7) is 8.47. The van der Waals surface area contributed by atoms with Gasteiger partial charge in [-0.25, -0.2) is 8.42 Å². The number of rotatable bonds is 9. The quantitative estimate of drug-likeness (QED) is 0.391. The topological polar surface area (TPSA) is 75.7 Å². The lowest BCUT2D eigenvalue weighted by Crippen LogP contribution is -2.41. The molecule has 3 rings (SSSR count). The SMILES string of the molecule is Cc1ccc(N(CC(=O)NCCOc2ccc(C(C)(C)C)cc2)S(=O)(=O)c2ccc(Cl)cc2)cc1. The molecule has 0 spiro atoms. The van der Waals surface area contributed by atoms with E-state index in [1.54, 1.807) is 24.3 Å². The molecule has 0 saturated heterocycles. The molecule has 186 valence electrons. The molecular formula is C27H31ClN2O4S. The Balaban J connectivity index is 1.64. The van der Waals surface area contributed by atoms with Gasteiger partial charge in [-0.1, -0.05) is 62.2 Å². The van der Waals surface area contributed by atoms with Gasteiger partial charge in [-0.05, 0) is 66.4 Å². The average Bonchev–Trinajstić information content (AvgIpc) is 2.81. The molecule has 0 fully saturated rings. The Bertz CT molecular complexity index is 1230. The van der Waals surface area contributed by atoms with Crippen LogP contribution >= 0.6 is 11.6 Å². The van der Waals surface area contributed by atoms with Crippen LogP contribution in [0.3, 0.4) is 0 Å². The number of amides is 1. The van der Waals surface area contributed by atoms with E-state index < -0.39 is 15.9 Å². The van der Waals surface area contributed by atoms with Crippen molar-refractivity contribution < 1.29 is 17.9 Å². The predicted octanol–water partition coefficient (Wildman–Crippen LogP) is 5.34. The van der Waals surface area contributed by atoms with Gasteiger partial charge in [0.2, 0.25) is 5.91 Å². The van der Waals surface area contributed by atoms with Gasteiger partial charge >= 0.3 is 0 Å². The highest BCUT2D eigenvalue weighted by molar-refractivity contribution is 7.92. The van der Waals surface area contributed by atoms with E-state index in [0.717, 1.165) is 9.87 Å². The van der Waals surface area contributed by atoms with E-state index in [2.05, 4.69) is 26.1 Å². The number of carbonyl (C=O) groups is 1. The molecule has 0 aromatic heterocycles. The lowest BCUT2D eigenvalue weighted by Gasteiger charge is -2.24. The Morgan fingerprint density at radius 1 is 0.943 bits per heavy atom. The normalized spacial score (nSPS) is 11.7. The minimum absolute atomic E-state index is 0.0531. The molecule has 1 N–H and O–H groups in total. The second-order valence-corrected chi connectivity index (χ2v) is 11.6. The van der Waals surface area contributed by atoms with E-state index in [0.29, 0.717) is 16.5 Å². The van der Waals surface area contributed by atoms with Crippen molar-refractivity contribution in [1.29, 1.82) is 0 Å². The molecular weight excluding hydrogens is 484 g/mol. The highest BCUT2D eigenvalue weighted by Crippen LogP contribution is 2.26. The fraction of sp³-hybridized carbons (Fsp3) is 0.296. The van der Waals surface area contributed by atoms with Gasteiger partial charge in [0.1, 0.15) is 18.9 Å². The Morgan fingerprint density at radius 2 is 1.54 bits per heavy atom. The first-order chi connectivity index (χ1) is 16.5. The third-order valence-corrected chi connectivity index (χ3v) is 7.46. The van der Waals surface area contributed by atoms with Crippen LogP contribution < -0.4 is 14.4 Å². The number of sulfonamides is 1. The average molecular weight is 515 g/mol. The molecule has 0 aliphatic rings. The Morgan fingerprint density at radius 3 is 2.11 bits per heavy atom. The van der Waals surface area contributed by atoms with Gasteiger partial charge in [-0.15, -0.1) is 0 Å². The molecule has 0 aliphatic heterocycles. The second kappa shape index (κ2) is 11.1. The lowest BCUT2D eigenvalue weighted by atomic mass is 9.87. The van der Waals surface area contributed by atoms with Crippen molar-refractivity contribution in [2.24, 2.45) is 0 Å². The van der Waals surface area contributed by atoms with Gasteiger partial charge in [0, 0.05) is 5.02 Å². The van der Waals surface area contributed by atoms with Crippen LogP contribution in [0.5, 0.6) is 5.75 Å². The predicted molar refractivity (Wildman–Crippen MR) is 141 cm³/mol. The van der Waals surface area contributed by atoms with Crippen LogP contribution in [-0.4, -0.2) is 34.0 Å². The summed E-state index contributed by atoms with van der Waals surface area (Å²) >= 11 is 5.92. The Hall–Kier alpha value is -3.03. The monoisotopic (exact) mass is 514 g/mol. The molecule has 0 unspecified atom stereocenters. The number of nitrogens with zero attached hydrogens (tertiary/aromatic N) is 1. The number of hydrogen-bond donors (Lipinski definition) is 1. The summed E-state index contributed by atoms with van der Waals surface area (Å²) in [5.74, 6) is 0.272. The van der Waals surface area contributed by atoms with E-state index in [9.17, 15) is 13.2 Å². The van der Waals surface area contributed by atoms with E-state index in [1.807, 2.05) is 31.2 Å². The summed E-state index contributed by atoms with van der Waals surface area (Å²) in [6.07, 6.45) is 0. The lowest BCUT2D eigenvalue weighted by molar-refractivity contribution is -0.119. The largest absolute Gasteiger partial charge is 0.492 e. The number of nitrogens with one attached hydrogen (secondary N) is 1. The van der Waals surface area contributed by atoms with Gasteiger partial charge < -0.3 is 10.1 Å². The minimum atomic E-state index is -3.99. The van der Waals surface area contributed by atoms with Gasteiger partial charge in [-0.2, -0.15) is 0 Å². The molecule has 0 bridgehead atoms. The zero-order valence-electron chi connectivity index (χ0n) is 20.4. The van der Waals surface area contributed by atoms with Crippen molar-refractivity contribution in [3.63, 3.8) is 0 Å². The van der Waals surface area contributed by atoms with Crippen LogP contribution in [0, 0.1) is 6.92 Å². The molecule has 0 radical (unpaired) electrons. The maximum atomic E-state index is 13.4. The summed E-state index contributed by atoms with van der Waals surface area (Å²) in [5.41, 5.74) is 2.64. The summed E-state index contributed by atoms with van der Waals surface area (Å²) in [5, 5.41) is 3.17. The number of anilines is 1. The third kappa shape index (κ3) is 7.23. The minimum Gasteiger partial charge on any atom is -0.492 e. The highest BCUT2D eigenvalue weighted by atomic mass is 35.5. The molecule has 3 aromatic carbocycles. The number of carbonyl (C=O) groups excluding carboxylic acids is 1. The van der Waals surface area contributed by atoms with Crippen molar-refractivity contribution in [3.05, 3.63) is 88.9 Å². The van der Waals surface area contributed by atoms with Crippen molar-refractivity contribution in [2.75, 3.05) is 24.0 Å². The molecule has 6 nitrogen and oxygen atoms in total. The van der Waals surface area contributed by atoms with Gasteiger partial charge in [0.05, 0.1) is 17.1 Å². The van der Waals surface area contributed by atoms with Crippen LogP contribution in [0.4, 0.5) is 5.69 Å². The van der Waals surface area contributed by atoms with Crippen molar-refractivity contribution in [1.82, 2.24) is 5.32 Å². The molecule has 0 heterocycles. The maximum absolute atomic E-state index is 13.4. The van der Waals surface area contributed by atoms with Gasteiger partial charge in [0.15, 0.2) is 0 Å². The molecule has 0 saturated carbocycles. The van der Waals surface area contributed by atoms with Crippen molar-refractivity contribution in [2.45, 2.75) is 38.0 Å². The Labute approximate surface area is 212 Å². The smallest absolute Gasteiger partial charge is 0.264 e. The standard InChI is InChI=1S/C27H31ClN2O4S/c1-20-5-11-23(12-6-20)30(35(32,33)25-15-9-22(28)10-16-25)19-26(31)29-17-18-34-24-13-7-21(8-14-24)27(2,3)4/h5-16H,17-19H2,1-4H3,(H,29,31). The molecule has 3 aromatic rings. The Kier molecular flexibility index (Phi) is 8.46. The maximum Gasteiger partial charge on any atom is 0.264 e. The van der Waals surface area contributed by atoms with Crippen molar-refractivity contribution >= 4 is 33.2 Å². The van der Waals surface area contributed by atoms with E-state index in [4.69, 9.17) is 16.3 Å². The number of halogens is 1. The molecule has 35 heavy (non-hydrogen) atoms. The third-order valence-electron chi connectivity index (χ3n) is 5.42. The fourth-order valence-electron chi connectivity index (χ4n) is 3.36. The fourth-order valence-corrected chi connectivity index (χ4v) is 4.90. The number of hydrogen-bond acceptors (Lipinski definition) is 4. The van der Waals surface area contributed by atoms with E-state index in [1.165, 1.54) is 29.8 Å². The molecule has 1 amide bonds. The molecule has 0 aliphatic carbocycles. The van der Waals surface area contributed by atoms with Gasteiger partial charge in [0.25, 0.3) is 10.0 Å². The first kappa shape index (κ1) is 26.6. The first-order valence-electron chi connectivity index (χ1n) is 11.3. The van der Waals surface area contributed by atoms with E-state index >= 15 is 0 Å². The molecule has 0 atom stereocenters. The van der Waals surface area contributed by atoms with Crippen molar-refractivity contribution in [3.8, 4) is 5.75 Å². The van der Waals surface area contributed by atoms with Crippen LogP contribution in [0.1, 0.15) is 31.9 Å². The second-order valence-electron chi connectivity index (χ2n) is 9.27. The summed E-state index contributed by atoms with van der Waals surface area (Å²) in [4.78, 5) is 12.8. The zero-order chi connectivity index (χ0) is 25.6. The van der Waals surface area contributed by atoms with Crippen LogP contribution in [0.15, 0.2) is 77.7 Å². The number of aryl methyl sites for hydroxylation is 1. The summed E-state index contributed by atoms with van der Waals surface area (Å²) in [7, 11) is -3.99. The number of ether oxygens (including phenoxy) is 1. The van der Waals surface area contributed by atoms with Crippen LogP contribution in [0.2, 0.25) is 5.02 Å². The van der Waals surface area contributed by atoms with E-state index in [-0.39, 0.29) is 30.0 Å². The number of benzene rings is 3. The zero-order valence-corrected chi connectivity index (χ0v) is 22.0. The highest BCUT2D eigenvalue weighted by Gasteiger charge is 2.27. The summed E-state index contributed by atoms with van der Waals surface area (Å²) in [6, 6.07) is 20.7.